The minimum Gasteiger partial charge on any atom is -0.469 e. The topological polar surface area (TPSA) is 72.3 Å². The summed E-state index contributed by atoms with van der Waals surface area (Å²) < 4.78 is 6.98. The Labute approximate surface area is 191 Å². The lowest BCUT2D eigenvalue weighted by atomic mass is 9.96. The SMILES string of the molecule is COC(=O)CCCN1C(=S)N[C@@H](c2ccccn2)[C@H]1c1cc(C)n(-c2nccs2)c1C. The maximum absolute atomic E-state index is 11.6. The number of carbonyl (C=O) groups is 1. The van der Waals surface area contributed by atoms with Gasteiger partial charge in [-0.05, 0) is 56.2 Å². The standard InChI is InChI=1S/C22H25N5O2S2/c1-14-13-16(15(2)27(14)22-24-10-12-31-22)20-19(17-7-4-5-9-23-17)25-21(30)26(20)11-6-8-18(28)29-3/h4-5,7,9-10,12-13,19-20H,6,8,11H2,1-3H3,(H,25,30)/t19-,20+/m0/s1. The lowest BCUT2D eigenvalue weighted by Gasteiger charge is -2.28. The largest absolute Gasteiger partial charge is 0.469 e. The maximum Gasteiger partial charge on any atom is 0.305 e. The molecule has 3 aromatic heterocycles. The zero-order chi connectivity index (χ0) is 22.0. The molecular weight excluding hydrogens is 430 g/mol. The van der Waals surface area contributed by atoms with Crippen molar-refractivity contribution in [3.63, 3.8) is 0 Å². The molecule has 4 rings (SSSR count). The monoisotopic (exact) mass is 455 g/mol. The third kappa shape index (κ3) is 4.20. The summed E-state index contributed by atoms with van der Waals surface area (Å²) >= 11 is 7.33. The van der Waals surface area contributed by atoms with Crippen LogP contribution in [0.15, 0.2) is 42.0 Å². The molecule has 2 atom stereocenters. The van der Waals surface area contributed by atoms with Crippen molar-refractivity contribution in [1.82, 2.24) is 24.8 Å². The molecule has 162 valence electrons. The molecule has 0 spiro atoms. The molecular formula is C22H25N5O2S2. The molecule has 0 aromatic carbocycles. The summed E-state index contributed by atoms with van der Waals surface area (Å²) in [5.41, 5.74) is 4.36. The number of ether oxygens (including phenoxy) is 1. The van der Waals surface area contributed by atoms with Gasteiger partial charge in [-0.15, -0.1) is 11.3 Å². The van der Waals surface area contributed by atoms with E-state index in [0.717, 1.165) is 22.2 Å². The highest BCUT2D eigenvalue weighted by Crippen LogP contribution is 2.41. The number of aromatic nitrogens is 3. The van der Waals surface area contributed by atoms with Gasteiger partial charge in [0.05, 0.1) is 24.9 Å². The Kier molecular flexibility index (Phi) is 6.33. The third-order valence-electron chi connectivity index (χ3n) is 5.60. The van der Waals surface area contributed by atoms with Crippen molar-refractivity contribution in [1.29, 1.82) is 0 Å². The number of nitrogens with zero attached hydrogens (tertiary/aromatic N) is 4. The molecule has 0 amide bonds. The van der Waals surface area contributed by atoms with Gasteiger partial charge in [0.2, 0.25) is 0 Å². The fourth-order valence-electron chi connectivity index (χ4n) is 4.19. The van der Waals surface area contributed by atoms with Gasteiger partial charge in [0, 0.05) is 42.1 Å². The fourth-order valence-corrected chi connectivity index (χ4v) is 5.27. The molecule has 0 radical (unpaired) electrons. The quantitative estimate of drug-likeness (QED) is 0.428. The van der Waals surface area contributed by atoms with Crippen molar-refractivity contribution in [2.75, 3.05) is 13.7 Å². The van der Waals surface area contributed by atoms with E-state index in [1.807, 2.05) is 29.8 Å². The molecule has 7 nitrogen and oxygen atoms in total. The van der Waals surface area contributed by atoms with Crippen LogP contribution in [-0.4, -0.2) is 44.2 Å². The Morgan fingerprint density at radius 1 is 1.29 bits per heavy atom. The van der Waals surface area contributed by atoms with Gasteiger partial charge < -0.3 is 15.0 Å². The van der Waals surface area contributed by atoms with E-state index in [4.69, 9.17) is 17.0 Å². The second-order valence-electron chi connectivity index (χ2n) is 7.48. The number of rotatable bonds is 7. The summed E-state index contributed by atoms with van der Waals surface area (Å²) in [7, 11) is 1.41. The molecule has 3 aromatic rings. The van der Waals surface area contributed by atoms with Gasteiger partial charge in [-0.25, -0.2) is 4.98 Å². The van der Waals surface area contributed by atoms with E-state index < -0.39 is 0 Å². The molecule has 1 N–H and O–H groups in total. The summed E-state index contributed by atoms with van der Waals surface area (Å²) in [5.74, 6) is -0.210. The molecule has 1 saturated heterocycles. The Morgan fingerprint density at radius 3 is 2.81 bits per heavy atom. The average molecular weight is 456 g/mol. The Hall–Kier alpha value is -2.78. The third-order valence-corrected chi connectivity index (χ3v) is 6.71. The molecule has 0 aliphatic carbocycles. The lowest BCUT2D eigenvalue weighted by Crippen LogP contribution is -2.31. The van der Waals surface area contributed by atoms with Crippen LogP contribution in [0.2, 0.25) is 0 Å². The van der Waals surface area contributed by atoms with Crippen LogP contribution < -0.4 is 5.32 Å². The number of thiocarbonyl (C=S) groups is 1. The summed E-state index contributed by atoms with van der Waals surface area (Å²) in [6.07, 6.45) is 4.64. The van der Waals surface area contributed by atoms with Gasteiger partial charge in [0.1, 0.15) is 0 Å². The first-order chi connectivity index (χ1) is 15.0. The molecule has 0 saturated carbocycles. The van der Waals surface area contributed by atoms with Crippen molar-refractivity contribution in [3.05, 3.63) is 64.7 Å². The number of pyridine rings is 1. The van der Waals surface area contributed by atoms with Crippen LogP contribution in [0, 0.1) is 13.8 Å². The second kappa shape index (κ2) is 9.15. The number of methoxy groups -OCH3 is 1. The highest BCUT2D eigenvalue weighted by Gasteiger charge is 2.41. The average Bonchev–Trinajstić information content (AvgIpc) is 3.47. The summed E-state index contributed by atoms with van der Waals surface area (Å²) in [6, 6.07) is 8.00. The number of thiazole rings is 1. The summed E-state index contributed by atoms with van der Waals surface area (Å²) in [6.45, 7) is 4.86. The van der Waals surface area contributed by atoms with Crippen LogP contribution in [0.5, 0.6) is 0 Å². The Bertz CT molecular complexity index is 1070. The van der Waals surface area contributed by atoms with Gasteiger partial charge >= 0.3 is 5.97 Å². The number of aryl methyl sites for hydroxylation is 1. The van der Waals surface area contributed by atoms with Gasteiger partial charge in [-0.2, -0.15) is 0 Å². The molecule has 1 fully saturated rings. The number of hydrogen-bond donors (Lipinski definition) is 1. The van der Waals surface area contributed by atoms with Gasteiger partial charge in [0.15, 0.2) is 10.2 Å². The number of hydrogen-bond acceptors (Lipinski definition) is 6. The van der Waals surface area contributed by atoms with E-state index in [1.165, 1.54) is 12.7 Å². The fraction of sp³-hybridized carbons (Fsp3) is 0.364. The molecule has 0 unspecified atom stereocenters. The highest BCUT2D eigenvalue weighted by molar-refractivity contribution is 7.80. The van der Waals surface area contributed by atoms with Crippen molar-refractivity contribution < 1.29 is 9.53 Å². The van der Waals surface area contributed by atoms with Crippen molar-refractivity contribution in [2.45, 2.75) is 38.8 Å². The molecule has 31 heavy (non-hydrogen) atoms. The molecule has 0 bridgehead atoms. The van der Waals surface area contributed by atoms with Crippen LogP contribution in [0.1, 0.15) is 47.6 Å². The number of esters is 1. The van der Waals surface area contributed by atoms with Crippen LogP contribution in [0.4, 0.5) is 0 Å². The Morgan fingerprint density at radius 2 is 2.13 bits per heavy atom. The normalized spacial score (nSPS) is 18.3. The van der Waals surface area contributed by atoms with Gasteiger partial charge in [-0.3, -0.25) is 14.3 Å². The van der Waals surface area contributed by atoms with Gasteiger partial charge in [0.25, 0.3) is 0 Å². The zero-order valence-corrected chi connectivity index (χ0v) is 19.4. The summed E-state index contributed by atoms with van der Waals surface area (Å²) in [5, 5.41) is 7.07. The first-order valence-corrected chi connectivity index (χ1v) is 11.4. The number of carbonyl (C=O) groups excluding carboxylic acids is 1. The first kappa shape index (κ1) is 21.5. The Balaban J connectivity index is 1.73. The van der Waals surface area contributed by atoms with E-state index in [2.05, 4.69) is 44.7 Å². The minimum absolute atomic E-state index is 0.0417. The van der Waals surface area contributed by atoms with E-state index in [-0.39, 0.29) is 18.1 Å². The van der Waals surface area contributed by atoms with Crippen LogP contribution >= 0.6 is 23.6 Å². The first-order valence-electron chi connectivity index (χ1n) is 10.1. The van der Waals surface area contributed by atoms with Gasteiger partial charge in [-0.1, -0.05) is 6.07 Å². The van der Waals surface area contributed by atoms with Crippen LogP contribution in [-0.2, 0) is 9.53 Å². The number of nitrogens with one attached hydrogen (secondary N) is 1. The zero-order valence-electron chi connectivity index (χ0n) is 17.7. The van der Waals surface area contributed by atoms with Crippen molar-refractivity contribution in [2.24, 2.45) is 0 Å². The molecule has 1 aliphatic heterocycles. The van der Waals surface area contributed by atoms with E-state index in [9.17, 15) is 4.79 Å². The predicted molar refractivity (Wildman–Crippen MR) is 124 cm³/mol. The molecule has 9 heteroatoms. The van der Waals surface area contributed by atoms with E-state index in [0.29, 0.717) is 24.5 Å². The maximum atomic E-state index is 11.6. The second-order valence-corrected chi connectivity index (χ2v) is 8.74. The highest BCUT2D eigenvalue weighted by atomic mass is 32.1. The van der Waals surface area contributed by atoms with Crippen molar-refractivity contribution >= 4 is 34.6 Å². The molecule has 4 heterocycles. The van der Waals surface area contributed by atoms with E-state index >= 15 is 0 Å². The summed E-state index contributed by atoms with van der Waals surface area (Å²) in [4.78, 5) is 22.9. The smallest absolute Gasteiger partial charge is 0.305 e. The molecule has 1 aliphatic rings. The predicted octanol–water partition coefficient (Wildman–Crippen LogP) is 3.87. The van der Waals surface area contributed by atoms with Crippen LogP contribution in [0.3, 0.4) is 0 Å². The van der Waals surface area contributed by atoms with E-state index in [1.54, 1.807) is 17.5 Å². The van der Waals surface area contributed by atoms with Crippen LogP contribution in [0.25, 0.3) is 5.13 Å². The van der Waals surface area contributed by atoms with Crippen molar-refractivity contribution in [3.8, 4) is 5.13 Å². The lowest BCUT2D eigenvalue weighted by molar-refractivity contribution is -0.140. The minimum atomic E-state index is -0.210.